The second kappa shape index (κ2) is 10.2. The highest BCUT2D eigenvalue weighted by Crippen LogP contribution is 2.27. The van der Waals surface area contributed by atoms with Crippen molar-refractivity contribution in [1.29, 1.82) is 0 Å². The maximum Gasteiger partial charge on any atom is 0.240 e. The molecule has 10 heteroatoms. The molecule has 0 bridgehead atoms. The topological polar surface area (TPSA) is 105 Å². The molecule has 0 unspecified atom stereocenters. The van der Waals surface area contributed by atoms with E-state index in [1.165, 1.54) is 24.3 Å². The molecule has 166 valence electrons. The third kappa shape index (κ3) is 6.04. The van der Waals surface area contributed by atoms with Crippen LogP contribution in [0.15, 0.2) is 53.4 Å². The Morgan fingerprint density at radius 2 is 1.84 bits per heavy atom. The van der Waals surface area contributed by atoms with E-state index in [4.69, 9.17) is 16.3 Å². The molecule has 8 nitrogen and oxygen atoms in total. The fraction of sp³-hybridized carbons (Fsp3) is 0.333. The molecule has 0 saturated carbocycles. The minimum Gasteiger partial charge on any atom is -0.385 e. The average Bonchev–Trinajstić information content (AvgIpc) is 3.14. The minimum atomic E-state index is -3.63. The largest absolute Gasteiger partial charge is 0.385 e. The Labute approximate surface area is 186 Å². The van der Waals surface area contributed by atoms with E-state index in [0.29, 0.717) is 29.4 Å². The number of nitrogens with one attached hydrogen (secondary N) is 2. The Balaban J connectivity index is 1.58. The predicted molar refractivity (Wildman–Crippen MR) is 119 cm³/mol. The summed E-state index contributed by atoms with van der Waals surface area (Å²) >= 11 is 5.89. The van der Waals surface area contributed by atoms with Gasteiger partial charge in [0, 0.05) is 49.6 Å². The van der Waals surface area contributed by atoms with Crippen LogP contribution in [-0.2, 0) is 24.3 Å². The van der Waals surface area contributed by atoms with Crippen molar-refractivity contribution < 1.29 is 22.7 Å². The predicted octanol–water partition coefficient (Wildman–Crippen LogP) is 2.65. The number of amides is 2. The molecular weight excluding hydrogens is 442 g/mol. The number of nitrogens with zero attached hydrogens (tertiary/aromatic N) is 1. The average molecular weight is 466 g/mol. The Morgan fingerprint density at radius 1 is 1.16 bits per heavy atom. The quantitative estimate of drug-likeness (QED) is 0.554. The smallest absolute Gasteiger partial charge is 0.240 e. The molecule has 1 aliphatic heterocycles. The normalized spacial score (nSPS) is 16.5. The molecule has 2 aromatic carbocycles. The summed E-state index contributed by atoms with van der Waals surface area (Å²) in [5.41, 5.74) is 1.15. The number of methoxy groups -OCH3 is 1. The molecule has 2 amide bonds. The van der Waals surface area contributed by atoms with Gasteiger partial charge in [-0.05, 0) is 55.0 Å². The van der Waals surface area contributed by atoms with E-state index < -0.39 is 15.9 Å². The SMILES string of the molecule is COCCCNS(=O)(=O)c1ccc(NC(=O)[C@H]2CC(=O)N(c3ccc(Cl)cc3)C2)cc1. The van der Waals surface area contributed by atoms with Crippen LogP contribution in [0.5, 0.6) is 0 Å². The molecule has 1 saturated heterocycles. The number of carbonyl (C=O) groups is 2. The third-order valence-corrected chi connectivity index (χ3v) is 6.61. The second-order valence-corrected chi connectivity index (χ2v) is 9.34. The molecular formula is C21H24ClN3O5S. The van der Waals surface area contributed by atoms with Gasteiger partial charge in [-0.2, -0.15) is 0 Å². The van der Waals surface area contributed by atoms with Crippen LogP contribution in [0.25, 0.3) is 0 Å². The summed E-state index contributed by atoms with van der Waals surface area (Å²) in [7, 11) is -2.08. The summed E-state index contributed by atoms with van der Waals surface area (Å²) in [6, 6.07) is 12.8. The second-order valence-electron chi connectivity index (χ2n) is 7.14. The number of carbonyl (C=O) groups excluding carboxylic acids is 2. The summed E-state index contributed by atoms with van der Waals surface area (Å²) in [5.74, 6) is -0.935. The minimum absolute atomic E-state index is 0.103. The maximum atomic E-state index is 12.6. The lowest BCUT2D eigenvalue weighted by Crippen LogP contribution is -2.28. The molecule has 3 rings (SSSR count). The van der Waals surface area contributed by atoms with E-state index in [-0.39, 0.29) is 36.2 Å². The molecule has 1 atom stereocenters. The van der Waals surface area contributed by atoms with Crippen molar-refractivity contribution in [1.82, 2.24) is 4.72 Å². The molecule has 0 aromatic heterocycles. The van der Waals surface area contributed by atoms with Gasteiger partial charge >= 0.3 is 0 Å². The van der Waals surface area contributed by atoms with Gasteiger partial charge in [0.1, 0.15) is 0 Å². The van der Waals surface area contributed by atoms with Gasteiger partial charge in [-0.1, -0.05) is 11.6 Å². The Kier molecular flexibility index (Phi) is 7.66. The van der Waals surface area contributed by atoms with Crippen LogP contribution < -0.4 is 14.9 Å². The van der Waals surface area contributed by atoms with Gasteiger partial charge in [-0.25, -0.2) is 13.1 Å². The highest BCUT2D eigenvalue weighted by atomic mass is 35.5. The molecule has 1 aliphatic rings. The number of anilines is 2. The molecule has 31 heavy (non-hydrogen) atoms. The summed E-state index contributed by atoms with van der Waals surface area (Å²) in [4.78, 5) is 26.6. The number of hydrogen-bond donors (Lipinski definition) is 2. The summed E-state index contributed by atoms with van der Waals surface area (Å²) in [5, 5.41) is 3.32. The van der Waals surface area contributed by atoms with Crippen molar-refractivity contribution in [2.45, 2.75) is 17.7 Å². The van der Waals surface area contributed by atoms with Crippen LogP contribution in [0.4, 0.5) is 11.4 Å². The zero-order valence-corrected chi connectivity index (χ0v) is 18.6. The van der Waals surface area contributed by atoms with Crippen LogP contribution in [-0.4, -0.2) is 47.0 Å². The zero-order valence-electron chi connectivity index (χ0n) is 17.0. The van der Waals surface area contributed by atoms with E-state index in [1.807, 2.05) is 0 Å². The lowest BCUT2D eigenvalue weighted by molar-refractivity contribution is -0.122. The van der Waals surface area contributed by atoms with Crippen molar-refractivity contribution in [2.75, 3.05) is 37.0 Å². The number of benzene rings is 2. The molecule has 0 aliphatic carbocycles. The third-order valence-electron chi connectivity index (χ3n) is 4.88. The van der Waals surface area contributed by atoms with Crippen molar-refractivity contribution >= 4 is 44.8 Å². The van der Waals surface area contributed by atoms with Gasteiger partial charge in [0.2, 0.25) is 21.8 Å². The van der Waals surface area contributed by atoms with Crippen molar-refractivity contribution in [2.24, 2.45) is 5.92 Å². The van der Waals surface area contributed by atoms with E-state index in [1.54, 1.807) is 36.3 Å². The van der Waals surface area contributed by atoms with Gasteiger partial charge in [0.05, 0.1) is 10.8 Å². The number of halogens is 1. The zero-order chi connectivity index (χ0) is 22.4. The highest BCUT2D eigenvalue weighted by Gasteiger charge is 2.35. The van der Waals surface area contributed by atoms with E-state index in [0.717, 1.165) is 0 Å². The van der Waals surface area contributed by atoms with Crippen molar-refractivity contribution in [3.8, 4) is 0 Å². The van der Waals surface area contributed by atoms with Crippen molar-refractivity contribution in [3.63, 3.8) is 0 Å². The van der Waals surface area contributed by atoms with Crippen LogP contribution in [0.3, 0.4) is 0 Å². The molecule has 2 aromatic rings. The number of sulfonamides is 1. The summed E-state index contributed by atoms with van der Waals surface area (Å²) < 4.78 is 31.9. The van der Waals surface area contributed by atoms with E-state index in [9.17, 15) is 18.0 Å². The summed E-state index contributed by atoms with van der Waals surface area (Å²) in [6.07, 6.45) is 0.670. The van der Waals surface area contributed by atoms with E-state index in [2.05, 4.69) is 10.0 Å². The number of ether oxygens (including phenoxy) is 1. The first-order valence-electron chi connectivity index (χ1n) is 9.75. The fourth-order valence-corrected chi connectivity index (χ4v) is 4.42. The first kappa shape index (κ1) is 23.2. The standard InChI is InChI=1S/C21H24ClN3O5S/c1-30-12-2-11-23-31(28,29)19-9-5-17(6-10-19)24-21(27)15-13-20(26)25(14-15)18-7-3-16(22)4-8-18/h3-10,15,23H,2,11-14H2,1H3,(H,24,27)/t15-/m0/s1. The van der Waals surface area contributed by atoms with Gasteiger partial charge in [0.25, 0.3) is 0 Å². The Hall–Kier alpha value is -2.46. The number of rotatable bonds is 9. The molecule has 2 N–H and O–H groups in total. The van der Waals surface area contributed by atoms with Gasteiger partial charge < -0.3 is 15.0 Å². The van der Waals surface area contributed by atoms with Crippen molar-refractivity contribution in [3.05, 3.63) is 53.6 Å². The van der Waals surface area contributed by atoms with E-state index >= 15 is 0 Å². The van der Waals surface area contributed by atoms with Gasteiger partial charge in [-0.3, -0.25) is 9.59 Å². The Bertz CT molecular complexity index is 1030. The first-order chi connectivity index (χ1) is 14.8. The Morgan fingerprint density at radius 3 is 2.48 bits per heavy atom. The van der Waals surface area contributed by atoms with Gasteiger partial charge in [0.15, 0.2) is 0 Å². The van der Waals surface area contributed by atoms with Crippen LogP contribution >= 0.6 is 11.6 Å². The molecule has 0 spiro atoms. The first-order valence-corrected chi connectivity index (χ1v) is 11.6. The highest BCUT2D eigenvalue weighted by molar-refractivity contribution is 7.89. The molecule has 1 heterocycles. The lowest BCUT2D eigenvalue weighted by atomic mass is 10.1. The lowest BCUT2D eigenvalue weighted by Gasteiger charge is -2.17. The van der Waals surface area contributed by atoms with Gasteiger partial charge in [-0.15, -0.1) is 0 Å². The maximum absolute atomic E-state index is 12.6. The number of hydrogen-bond acceptors (Lipinski definition) is 5. The fourth-order valence-electron chi connectivity index (χ4n) is 3.22. The monoisotopic (exact) mass is 465 g/mol. The molecule has 0 radical (unpaired) electrons. The van der Waals surface area contributed by atoms with Crippen LogP contribution in [0, 0.1) is 5.92 Å². The summed E-state index contributed by atoms with van der Waals surface area (Å²) in [6.45, 7) is 1.01. The van der Waals surface area contributed by atoms with Crippen LogP contribution in [0.1, 0.15) is 12.8 Å². The van der Waals surface area contributed by atoms with Crippen LogP contribution in [0.2, 0.25) is 5.02 Å². The molecule has 1 fully saturated rings.